The minimum atomic E-state index is -0.410. The number of nitriles is 1. The third kappa shape index (κ3) is 3.28. The molecule has 4 nitrogen and oxygen atoms in total. The lowest BCUT2D eigenvalue weighted by Gasteiger charge is -2.40. The number of nitrogens with zero attached hydrogens (tertiary/aromatic N) is 2. The summed E-state index contributed by atoms with van der Waals surface area (Å²) in [4.78, 5) is 15.0. The Kier molecular flexibility index (Phi) is 5.06. The minimum Gasteiger partial charge on any atom is -0.384 e. The van der Waals surface area contributed by atoms with Crippen LogP contribution in [0.2, 0.25) is 0 Å². The average Bonchev–Trinajstić information content (AvgIpc) is 2.67. The van der Waals surface area contributed by atoms with Gasteiger partial charge in [0.25, 0.3) is 0 Å². The molecule has 0 amide bonds. The number of halogens is 1. The summed E-state index contributed by atoms with van der Waals surface area (Å²) in [7, 11) is 0. The predicted molar refractivity (Wildman–Crippen MR) is 118 cm³/mol. The number of carbonyl (C=O) groups is 1. The summed E-state index contributed by atoms with van der Waals surface area (Å²) in [5.74, 6) is 0.104. The number of allylic oxidation sites excluding steroid dienone is 3. The highest BCUT2D eigenvalue weighted by Crippen LogP contribution is 2.47. The van der Waals surface area contributed by atoms with E-state index >= 15 is 0 Å². The average molecular weight is 448 g/mol. The van der Waals surface area contributed by atoms with Gasteiger partial charge in [0.2, 0.25) is 0 Å². The zero-order valence-corrected chi connectivity index (χ0v) is 18.1. The van der Waals surface area contributed by atoms with E-state index in [1.807, 2.05) is 55.1 Å². The maximum absolute atomic E-state index is 13.1. The first-order valence-electron chi connectivity index (χ1n) is 9.71. The zero-order chi connectivity index (χ0) is 20.7. The first-order chi connectivity index (χ1) is 13.9. The first kappa shape index (κ1) is 19.5. The Bertz CT molecular complexity index is 1120. The van der Waals surface area contributed by atoms with Gasteiger partial charge in [0, 0.05) is 27.9 Å². The highest BCUT2D eigenvalue weighted by molar-refractivity contribution is 9.10. The predicted octanol–water partition coefficient (Wildman–Crippen LogP) is 5.37. The highest BCUT2D eigenvalue weighted by Gasteiger charge is 2.40. The van der Waals surface area contributed by atoms with Crippen molar-refractivity contribution in [2.75, 3.05) is 4.90 Å². The van der Waals surface area contributed by atoms with Crippen molar-refractivity contribution in [1.82, 2.24) is 0 Å². The Hall–Kier alpha value is -2.84. The van der Waals surface area contributed by atoms with E-state index in [0.717, 1.165) is 45.4 Å². The molecule has 0 bridgehead atoms. The van der Waals surface area contributed by atoms with Crippen molar-refractivity contribution in [2.45, 2.75) is 39.0 Å². The van der Waals surface area contributed by atoms with Crippen LogP contribution in [0, 0.1) is 25.2 Å². The molecule has 5 heteroatoms. The molecule has 4 rings (SSSR count). The lowest BCUT2D eigenvalue weighted by molar-refractivity contribution is -0.116. The normalized spacial score (nSPS) is 19.3. The fraction of sp³-hybridized carbons (Fsp3) is 0.250. The molecule has 1 aliphatic carbocycles. The molecule has 29 heavy (non-hydrogen) atoms. The molecular weight excluding hydrogens is 426 g/mol. The van der Waals surface area contributed by atoms with E-state index in [2.05, 4.69) is 28.1 Å². The Morgan fingerprint density at radius 3 is 2.66 bits per heavy atom. The molecule has 2 aliphatic rings. The van der Waals surface area contributed by atoms with Gasteiger partial charge in [-0.3, -0.25) is 9.69 Å². The molecule has 146 valence electrons. The Morgan fingerprint density at radius 2 is 1.97 bits per heavy atom. The molecule has 0 spiro atoms. The van der Waals surface area contributed by atoms with Crippen LogP contribution in [0.5, 0.6) is 0 Å². The van der Waals surface area contributed by atoms with Crippen molar-refractivity contribution in [3.8, 4) is 6.07 Å². The van der Waals surface area contributed by atoms with Crippen molar-refractivity contribution in [3.05, 3.63) is 86.3 Å². The molecule has 0 fully saturated rings. The Balaban J connectivity index is 1.99. The molecule has 1 unspecified atom stereocenters. The number of hydrogen-bond donors (Lipinski definition) is 1. The van der Waals surface area contributed by atoms with Crippen LogP contribution < -0.4 is 10.6 Å². The maximum atomic E-state index is 13.1. The molecule has 1 aliphatic heterocycles. The minimum absolute atomic E-state index is 0.108. The molecule has 0 saturated heterocycles. The monoisotopic (exact) mass is 447 g/mol. The first-order valence-corrected chi connectivity index (χ1v) is 10.5. The van der Waals surface area contributed by atoms with E-state index in [1.54, 1.807) is 0 Å². The van der Waals surface area contributed by atoms with Gasteiger partial charge in [0.05, 0.1) is 17.6 Å². The second kappa shape index (κ2) is 7.53. The van der Waals surface area contributed by atoms with Crippen LogP contribution in [0.4, 0.5) is 5.69 Å². The summed E-state index contributed by atoms with van der Waals surface area (Å²) in [5, 5.41) is 10.1. The molecule has 2 aromatic carbocycles. The second-order valence-electron chi connectivity index (χ2n) is 7.66. The Labute approximate surface area is 179 Å². The molecule has 1 heterocycles. The van der Waals surface area contributed by atoms with Crippen molar-refractivity contribution in [3.63, 3.8) is 0 Å². The van der Waals surface area contributed by atoms with Crippen molar-refractivity contribution in [2.24, 2.45) is 5.73 Å². The van der Waals surface area contributed by atoms with E-state index in [9.17, 15) is 10.1 Å². The van der Waals surface area contributed by atoms with Crippen LogP contribution >= 0.6 is 15.9 Å². The summed E-state index contributed by atoms with van der Waals surface area (Å²) >= 11 is 3.51. The van der Waals surface area contributed by atoms with Crippen LogP contribution in [0.25, 0.3) is 0 Å². The largest absolute Gasteiger partial charge is 0.384 e. The van der Waals surface area contributed by atoms with Gasteiger partial charge in [0.1, 0.15) is 5.82 Å². The Morgan fingerprint density at radius 1 is 1.17 bits per heavy atom. The number of rotatable bonds is 2. The SMILES string of the molecule is Cc1ccc(C2C(C#N)=C(N)N(c3cccc(Br)c3)C3=C2C(=O)CCC3)c(C)c1. The molecule has 1 atom stereocenters. The van der Waals surface area contributed by atoms with E-state index in [-0.39, 0.29) is 5.78 Å². The van der Waals surface area contributed by atoms with E-state index < -0.39 is 5.92 Å². The summed E-state index contributed by atoms with van der Waals surface area (Å²) in [6.45, 7) is 4.07. The van der Waals surface area contributed by atoms with Gasteiger partial charge < -0.3 is 5.73 Å². The summed E-state index contributed by atoms with van der Waals surface area (Å²) in [5.41, 5.74) is 12.7. The summed E-state index contributed by atoms with van der Waals surface area (Å²) in [6.07, 6.45) is 2.05. The van der Waals surface area contributed by atoms with Gasteiger partial charge in [-0.25, -0.2) is 0 Å². The maximum Gasteiger partial charge on any atom is 0.161 e. The number of carbonyl (C=O) groups excluding carboxylic acids is 1. The number of nitrogens with two attached hydrogens (primary N) is 1. The number of aryl methyl sites for hydroxylation is 2. The molecule has 2 aromatic rings. The molecule has 0 radical (unpaired) electrons. The van der Waals surface area contributed by atoms with E-state index in [0.29, 0.717) is 23.4 Å². The fourth-order valence-corrected chi connectivity index (χ4v) is 4.84. The van der Waals surface area contributed by atoms with Crippen LogP contribution in [0.1, 0.15) is 41.9 Å². The quantitative estimate of drug-likeness (QED) is 0.671. The van der Waals surface area contributed by atoms with Gasteiger partial charge in [-0.05, 0) is 56.0 Å². The molecule has 0 saturated carbocycles. The number of hydrogen-bond acceptors (Lipinski definition) is 4. The smallest absolute Gasteiger partial charge is 0.161 e. The molecule has 0 aromatic heterocycles. The van der Waals surface area contributed by atoms with Crippen LogP contribution in [-0.2, 0) is 4.79 Å². The number of ketones is 1. The van der Waals surface area contributed by atoms with E-state index in [1.165, 1.54) is 0 Å². The second-order valence-corrected chi connectivity index (χ2v) is 8.57. The third-order valence-corrected chi connectivity index (χ3v) is 6.21. The van der Waals surface area contributed by atoms with Gasteiger partial charge >= 0.3 is 0 Å². The van der Waals surface area contributed by atoms with Crippen LogP contribution in [0.15, 0.2) is 69.6 Å². The van der Waals surface area contributed by atoms with Gasteiger partial charge in [0.15, 0.2) is 5.78 Å². The topological polar surface area (TPSA) is 70.1 Å². The fourth-order valence-electron chi connectivity index (χ4n) is 4.46. The zero-order valence-electron chi connectivity index (χ0n) is 16.5. The highest BCUT2D eigenvalue weighted by atomic mass is 79.9. The number of Topliss-reactive ketones (excluding diaryl/α,β-unsaturated/α-hetero) is 1. The summed E-state index contributed by atoms with van der Waals surface area (Å²) < 4.78 is 0.919. The molecular formula is C24H22BrN3O. The van der Waals surface area contributed by atoms with Crippen LogP contribution in [-0.4, -0.2) is 5.78 Å². The van der Waals surface area contributed by atoms with Gasteiger partial charge in [-0.2, -0.15) is 5.26 Å². The number of anilines is 1. The summed E-state index contributed by atoms with van der Waals surface area (Å²) in [6, 6.07) is 16.3. The van der Waals surface area contributed by atoms with E-state index in [4.69, 9.17) is 5.73 Å². The lowest BCUT2D eigenvalue weighted by Crippen LogP contribution is -2.38. The third-order valence-electron chi connectivity index (χ3n) is 5.72. The van der Waals surface area contributed by atoms with Gasteiger partial charge in [-0.1, -0.05) is 45.8 Å². The number of benzene rings is 2. The van der Waals surface area contributed by atoms with Crippen molar-refractivity contribution in [1.29, 1.82) is 5.26 Å². The van der Waals surface area contributed by atoms with Crippen molar-refractivity contribution >= 4 is 27.4 Å². The molecule has 2 N–H and O–H groups in total. The standard InChI is InChI=1S/C24H22BrN3O/c1-14-9-10-18(15(2)11-14)22-19(13-26)24(27)28(17-6-3-5-16(25)12-17)20-7-4-8-21(29)23(20)22/h3,5-6,9-12,22H,4,7-8,27H2,1-2H3. The lowest BCUT2D eigenvalue weighted by atomic mass is 9.74. The van der Waals surface area contributed by atoms with Gasteiger partial charge in [-0.15, -0.1) is 0 Å². The van der Waals surface area contributed by atoms with Crippen LogP contribution in [0.3, 0.4) is 0 Å². The van der Waals surface area contributed by atoms with Crippen molar-refractivity contribution < 1.29 is 4.79 Å².